The molecule has 80 valence electrons. The van der Waals surface area contributed by atoms with Crippen LogP contribution in [0.15, 0.2) is 41.3 Å². The van der Waals surface area contributed by atoms with Gasteiger partial charge in [0.1, 0.15) is 12.5 Å². The van der Waals surface area contributed by atoms with Gasteiger partial charge < -0.3 is 10.6 Å². The second-order valence-electron chi connectivity index (χ2n) is 3.45. The molecule has 2 rings (SSSR count). The van der Waals surface area contributed by atoms with Crippen LogP contribution < -0.4 is 0 Å². The minimum atomic E-state index is 0. The number of benzene rings is 2. The van der Waals surface area contributed by atoms with Gasteiger partial charge in [0.2, 0.25) is 4.90 Å². The molecule has 2 aromatic rings. The van der Waals surface area contributed by atoms with Crippen molar-refractivity contribution < 1.29 is 10.6 Å². The summed E-state index contributed by atoms with van der Waals surface area (Å²) in [7, 11) is 0.0849. The first-order valence-corrected chi connectivity index (χ1v) is 6.52. The van der Waals surface area contributed by atoms with Gasteiger partial charge in [-0.15, -0.1) is 0 Å². The Hall–Kier alpha value is -1.19. The first-order chi connectivity index (χ1) is 6.70. The van der Waals surface area contributed by atoms with Gasteiger partial charge in [-0.05, 0) is 17.5 Å². The third kappa shape index (κ3) is 2.08. The highest BCUT2D eigenvalue weighted by atomic mass is 32.2. The number of hydrogen-bond donors (Lipinski definition) is 1. The molecule has 0 atom stereocenters. The number of phenols is 1. The van der Waals surface area contributed by atoms with Crippen LogP contribution in [0.4, 0.5) is 0 Å². The molecule has 0 saturated heterocycles. The Morgan fingerprint density at radius 3 is 2.33 bits per heavy atom. The molecule has 0 aromatic heterocycles. The Bertz CT molecular complexity index is 466. The van der Waals surface area contributed by atoms with E-state index in [1.807, 2.05) is 18.2 Å². The van der Waals surface area contributed by atoms with Gasteiger partial charge in [-0.1, -0.05) is 24.3 Å². The Balaban J connectivity index is 0.00000112. The maximum absolute atomic E-state index is 9.79. The summed E-state index contributed by atoms with van der Waals surface area (Å²) in [6, 6.07) is 11.9. The second kappa shape index (κ2) is 4.55. The first kappa shape index (κ1) is 11.9. The summed E-state index contributed by atoms with van der Waals surface area (Å²) in [6.45, 7) is 0. The van der Waals surface area contributed by atoms with Crippen molar-refractivity contribution in [2.24, 2.45) is 0 Å². The van der Waals surface area contributed by atoms with E-state index in [4.69, 9.17) is 0 Å². The average Bonchev–Trinajstić information content (AvgIpc) is 2.17. The van der Waals surface area contributed by atoms with Gasteiger partial charge in [-0.25, -0.2) is 0 Å². The molecule has 2 aromatic carbocycles. The number of rotatable bonds is 1. The van der Waals surface area contributed by atoms with E-state index >= 15 is 0 Å². The lowest BCUT2D eigenvalue weighted by atomic mass is 10.1. The first-order valence-electron chi connectivity index (χ1n) is 4.48. The van der Waals surface area contributed by atoms with Crippen molar-refractivity contribution >= 4 is 21.7 Å². The Kier molecular flexibility index (Phi) is 3.61. The van der Waals surface area contributed by atoms with E-state index < -0.39 is 0 Å². The molecule has 15 heavy (non-hydrogen) atoms. The standard InChI is InChI=1S/C12H12OS.H2O/c1-14(2)12-10-6-4-3-5-9(10)7-8-11(12)13;/h3-8H,1-2H3;1H2. The number of fused-ring (bicyclic) bond motifs is 1. The summed E-state index contributed by atoms with van der Waals surface area (Å²) >= 11 is 0. The van der Waals surface area contributed by atoms with Gasteiger partial charge in [0.05, 0.1) is 0 Å². The van der Waals surface area contributed by atoms with Crippen LogP contribution in [0.1, 0.15) is 0 Å². The maximum atomic E-state index is 9.79. The average molecular weight is 222 g/mol. The van der Waals surface area contributed by atoms with Gasteiger partial charge >= 0.3 is 0 Å². The van der Waals surface area contributed by atoms with E-state index in [-0.39, 0.29) is 16.4 Å². The molecule has 0 heterocycles. The number of aromatic hydroxyl groups is 1. The van der Waals surface area contributed by atoms with Crippen LogP contribution in [0.2, 0.25) is 0 Å². The van der Waals surface area contributed by atoms with E-state index in [2.05, 4.69) is 24.6 Å². The topological polar surface area (TPSA) is 50.2 Å². The monoisotopic (exact) mass is 222 g/mol. The SMILES string of the molecule is C[S+](C)c1c(O)ccc2ccccc12.[OH-]. The molecule has 0 aliphatic heterocycles. The van der Waals surface area contributed by atoms with Crippen molar-refractivity contribution in [1.29, 1.82) is 0 Å². The molecule has 0 unspecified atom stereocenters. The lowest BCUT2D eigenvalue weighted by Gasteiger charge is -2.04. The fourth-order valence-corrected chi connectivity index (χ4v) is 2.77. The fraction of sp³-hybridized carbons (Fsp3) is 0.167. The van der Waals surface area contributed by atoms with Crippen LogP contribution in [0, 0.1) is 0 Å². The van der Waals surface area contributed by atoms with Crippen LogP contribution in [0.3, 0.4) is 0 Å². The van der Waals surface area contributed by atoms with Crippen molar-refractivity contribution in [3.8, 4) is 5.75 Å². The normalized spacial score (nSPS) is 10.3. The van der Waals surface area contributed by atoms with Gasteiger partial charge in [-0.2, -0.15) is 0 Å². The third-order valence-corrected chi connectivity index (χ3v) is 3.51. The summed E-state index contributed by atoms with van der Waals surface area (Å²) in [5, 5.41) is 12.1. The highest BCUT2D eigenvalue weighted by molar-refractivity contribution is 7.95. The molecule has 3 heteroatoms. The van der Waals surface area contributed by atoms with E-state index in [1.54, 1.807) is 6.07 Å². The summed E-state index contributed by atoms with van der Waals surface area (Å²) in [6.07, 6.45) is 4.25. The van der Waals surface area contributed by atoms with E-state index in [1.165, 1.54) is 10.8 Å². The van der Waals surface area contributed by atoms with Crippen molar-refractivity contribution in [3.05, 3.63) is 36.4 Å². The zero-order valence-corrected chi connectivity index (χ0v) is 9.58. The van der Waals surface area contributed by atoms with Gasteiger partial charge in [0.25, 0.3) is 0 Å². The van der Waals surface area contributed by atoms with E-state index in [9.17, 15) is 5.11 Å². The number of phenolic OH excluding ortho intramolecular Hbond substituents is 1. The summed E-state index contributed by atoms with van der Waals surface area (Å²) in [4.78, 5) is 1.07. The smallest absolute Gasteiger partial charge is 0.203 e. The lowest BCUT2D eigenvalue weighted by Crippen LogP contribution is -1.97. The molecule has 0 aliphatic rings. The summed E-state index contributed by atoms with van der Waals surface area (Å²) < 4.78 is 0. The highest BCUT2D eigenvalue weighted by Gasteiger charge is 2.17. The molecule has 0 amide bonds. The zero-order valence-electron chi connectivity index (χ0n) is 8.77. The van der Waals surface area contributed by atoms with Crippen LogP contribution in [0.5, 0.6) is 5.75 Å². The second-order valence-corrected chi connectivity index (χ2v) is 5.49. The molecule has 0 spiro atoms. The molecular weight excluding hydrogens is 208 g/mol. The molecule has 0 saturated carbocycles. The van der Waals surface area contributed by atoms with Crippen LogP contribution in [-0.4, -0.2) is 23.1 Å². The maximum Gasteiger partial charge on any atom is 0.203 e. The molecule has 0 fully saturated rings. The fourth-order valence-electron chi connectivity index (χ4n) is 1.66. The Labute approximate surface area is 92.2 Å². The van der Waals surface area contributed by atoms with Crippen molar-refractivity contribution in [2.45, 2.75) is 4.90 Å². The van der Waals surface area contributed by atoms with Gasteiger partial charge in [0, 0.05) is 16.3 Å². The zero-order chi connectivity index (χ0) is 10.1. The van der Waals surface area contributed by atoms with Crippen LogP contribution in [0.25, 0.3) is 10.8 Å². The predicted molar refractivity (Wildman–Crippen MR) is 65.0 cm³/mol. The molecule has 2 nitrogen and oxygen atoms in total. The predicted octanol–water partition coefficient (Wildman–Crippen LogP) is 2.61. The molecule has 2 N–H and O–H groups in total. The van der Waals surface area contributed by atoms with Crippen molar-refractivity contribution in [1.82, 2.24) is 0 Å². The number of hydrogen-bond acceptors (Lipinski definition) is 2. The van der Waals surface area contributed by atoms with Crippen molar-refractivity contribution in [2.75, 3.05) is 12.5 Å². The van der Waals surface area contributed by atoms with E-state index in [0.29, 0.717) is 5.75 Å². The summed E-state index contributed by atoms with van der Waals surface area (Å²) in [5.74, 6) is 0.414. The van der Waals surface area contributed by atoms with E-state index in [0.717, 1.165) is 4.90 Å². The Morgan fingerprint density at radius 2 is 1.67 bits per heavy atom. The largest absolute Gasteiger partial charge is 0.870 e. The minimum absolute atomic E-state index is 0. The Morgan fingerprint density at radius 1 is 1.00 bits per heavy atom. The van der Waals surface area contributed by atoms with Crippen LogP contribution >= 0.6 is 0 Å². The van der Waals surface area contributed by atoms with Gasteiger partial charge in [-0.3, -0.25) is 0 Å². The quantitative estimate of drug-likeness (QED) is 0.754. The third-order valence-electron chi connectivity index (χ3n) is 2.27. The van der Waals surface area contributed by atoms with Crippen molar-refractivity contribution in [3.63, 3.8) is 0 Å². The van der Waals surface area contributed by atoms with Crippen LogP contribution in [-0.2, 0) is 10.9 Å². The minimum Gasteiger partial charge on any atom is -0.870 e. The van der Waals surface area contributed by atoms with Gasteiger partial charge in [0.15, 0.2) is 5.75 Å². The molecule has 0 radical (unpaired) electrons. The highest BCUT2D eigenvalue weighted by Crippen LogP contribution is 2.30. The molecular formula is C12H14O2S. The summed E-state index contributed by atoms with van der Waals surface area (Å²) in [5.41, 5.74) is 0. The molecule has 0 aliphatic carbocycles. The molecule has 0 bridgehead atoms. The lowest BCUT2D eigenvalue weighted by molar-refractivity contribution is 0.464.